The van der Waals surface area contributed by atoms with E-state index in [4.69, 9.17) is 4.74 Å². The summed E-state index contributed by atoms with van der Waals surface area (Å²) < 4.78 is 5.16. The number of benzene rings is 1. The maximum absolute atomic E-state index is 12.4. The van der Waals surface area contributed by atoms with E-state index in [9.17, 15) is 4.79 Å². The highest BCUT2D eigenvalue weighted by atomic mass is 16.5. The second-order valence-electron chi connectivity index (χ2n) is 4.74. The lowest BCUT2D eigenvalue weighted by Gasteiger charge is -2.09. The molecule has 0 atom stereocenters. The minimum Gasteiger partial charge on any atom is -0.497 e. The number of methoxy groups -OCH3 is 1. The zero-order valence-electron chi connectivity index (χ0n) is 11.8. The number of hydrogen-bond acceptors (Lipinski definition) is 3. The van der Waals surface area contributed by atoms with Crippen LogP contribution in [0.5, 0.6) is 5.75 Å². The summed E-state index contributed by atoms with van der Waals surface area (Å²) in [5.74, 6) is 0.601. The Morgan fingerprint density at radius 1 is 1.33 bits per heavy atom. The van der Waals surface area contributed by atoms with Crippen LogP contribution in [0.2, 0.25) is 0 Å². The predicted octanol–water partition coefficient (Wildman–Crippen LogP) is 3.13. The van der Waals surface area contributed by atoms with Crippen molar-refractivity contribution in [3.8, 4) is 5.75 Å². The molecule has 5 nitrogen and oxygen atoms in total. The molecule has 0 bridgehead atoms. The third-order valence-corrected chi connectivity index (χ3v) is 3.38. The average Bonchev–Trinajstić information content (AvgIpc) is 2.93. The van der Waals surface area contributed by atoms with E-state index in [1.807, 2.05) is 37.3 Å². The van der Waals surface area contributed by atoms with Crippen LogP contribution >= 0.6 is 0 Å². The van der Waals surface area contributed by atoms with Crippen LogP contribution in [-0.2, 0) is 0 Å². The van der Waals surface area contributed by atoms with Gasteiger partial charge in [-0.1, -0.05) is 0 Å². The van der Waals surface area contributed by atoms with Gasteiger partial charge < -0.3 is 15.0 Å². The van der Waals surface area contributed by atoms with Crippen LogP contribution in [0, 0.1) is 6.92 Å². The molecule has 0 radical (unpaired) electrons. The van der Waals surface area contributed by atoms with E-state index in [-0.39, 0.29) is 5.91 Å². The van der Waals surface area contributed by atoms with Crippen molar-refractivity contribution in [1.82, 2.24) is 9.97 Å². The van der Waals surface area contributed by atoms with Crippen molar-refractivity contribution in [3.63, 3.8) is 0 Å². The Balaban J connectivity index is 1.90. The molecule has 0 aliphatic rings. The quantitative estimate of drug-likeness (QED) is 0.775. The van der Waals surface area contributed by atoms with E-state index >= 15 is 0 Å². The Morgan fingerprint density at radius 3 is 2.95 bits per heavy atom. The number of amides is 1. The van der Waals surface area contributed by atoms with Gasteiger partial charge in [0.25, 0.3) is 5.91 Å². The number of rotatable bonds is 3. The molecule has 2 N–H and O–H groups in total. The van der Waals surface area contributed by atoms with E-state index in [0.29, 0.717) is 11.2 Å². The molecule has 21 heavy (non-hydrogen) atoms. The van der Waals surface area contributed by atoms with Gasteiger partial charge in [-0.3, -0.25) is 4.79 Å². The lowest BCUT2D eigenvalue weighted by atomic mass is 10.1. The first-order valence-corrected chi connectivity index (χ1v) is 6.57. The molecule has 3 aromatic rings. The molecule has 0 saturated carbocycles. The summed E-state index contributed by atoms with van der Waals surface area (Å²) in [7, 11) is 1.62. The molecule has 0 saturated heterocycles. The zero-order chi connectivity index (χ0) is 14.8. The van der Waals surface area contributed by atoms with Crippen molar-refractivity contribution in [2.75, 3.05) is 12.4 Å². The minimum atomic E-state index is -0.164. The number of nitrogens with zero attached hydrogens (tertiary/aromatic N) is 1. The van der Waals surface area contributed by atoms with Crippen molar-refractivity contribution in [2.45, 2.75) is 6.92 Å². The van der Waals surface area contributed by atoms with E-state index < -0.39 is 0 Å². The molecule has 1 amide bonds. The van der Waals surface area contributed by atoms with Gasteiger partial charge in [0.2, 0.25) is 0 Å². The largest absolute Gasteiger partial charge is 0.497 e. The third kappa shape index (κ3) is 2.45. The SMILES string of the molecule is COc1ccc(NC(=O)c2c[nH]c3ncccc23)c(C)c1. The number of carbonyl (C=O) groups is 1. The normalized spacial score (nSPS) is 10.6. The van der Waals surface area contributed by atoms with Crippen molar-refractivity contribution in [2.24, 2.45) is 0 Å². The van der Waals surface area contributed by atoms with Crippen LogP contribution in [0.1, 0.15) is 15.9 Å². The fourth-order valence-corrected chi connectivity index (χ4v) is 2.24. The number of pyridine rings is 1. The highest BCUT2D eigenvalue weighted by molar-refractivity contribution is 6.12. The summed E-state index contributed by atoms with van der Waals surface area (Å²) >= 11 is 0. The van der Waals surface area contributed by atoms with E-state index in [0.717, 1.165) is 22.4 Å². The maximum atomic E-state index is 12.4. The van der Waals surface area contributed by atoms with E-state index in [1.54, 1.807) is 19.5 Å². The van der Waals surface area contributed by atoms with Gasteiger partial charge in [0.15, 0.2) is 0 Å². The third-order valence-electron chi connectivity index (χ3n) is 3.38. The highest BCUT2D eigenvalue weighted by Gasteiger charge is 2.13. The number of ether oxygens (including phenoxy) is 1. The van der Waals surface area contributed by atoms with Gasteiger partial charge in [-0.2, -0.15) is 0 Å². The molecule has 0 aliphatic carbocycles. The Labute approximate surface area is 122 Å². The number of hydrogen-bond donors (Lipinski definition) is 2. The molecule has 1 aromatic carbocycles. The van der Waals surface area contributed by atoms with Gasteiger partial charge in [-0.25, -0.2) is 4.98 Å². The number of aromatic nitrogens is 2. The molecule has 0 spiro atoms. The average molecular weight is 281 g/mol. The molecule has 0 unspecified atom stereocenters. The molecule has 0 fully saturated rings. The number of fused-ring (bicyclic) bond motifs is 1. The van der Waals surface area contributed by atoms with Gasteiger partial charge in [-0.05, 0) is 42.8 Å². The van der Waals surface area contributed by atoms with Crippen molar-refractivity contribution < 1.29 is 9.53 Å². The van der Waals surface area contributed by atoms with Crippen LogP contribution < -0.4 is 10.1 Å². The van der Waals surface area contributed by atoms with Gasteiger partial charge in [0.05, 0.1) is 12.7 Å². The first-order chi connectivity index (χ1) is 10.2. The summed E-state index contributed by atoms with van der Waals surface area (Å²) in [5, 5.41) is 3.72. The molecular weight excluding hydrogens is 266 g/mol. The van der Waals surface area contributed by atoms with E-state index in [1.165, 1.54) is 0 Å². The highest BCUT2D eigenvalue weighted by Crippen LogP contribution is 2.23. The Bertz CT molecular complexity index is 808. The molecule has 106 valence electrons. The lowest BCUT2D eigenvalue weighted by molar-refractivity contribution is 0.102. The Kier molecular flexibility index (Phi) is 3.31. The summed E-state index contributed by atoms with van der Waals surface area (Å²) in [6, 6.07) is 9.21. The molecular formula is C16H15N3O2. The van der Waals surface area contributed by atoms with Crippen molar-refractivity contribution in [3.05, 3.63) is 53.9 Å². The minimum absolute atomic E-state index is 0.164. The Hall–Kier alpha value is -2.82. The molecule has 2 aromatic heterocycles. The number of aryl methyl sites for hydroxylation is 1. The zero-order valence-corrected chi connectivity index (χ0v) is 11.8. The fraction of sp³-hybridized carbons (Fsp3) is 0.125. The number of anilines is 1. The second kappa shape index (κ2) is 5.28. The number of aromatic amines is 1. The number of carbonyl (C=O) groups excluding carboxylic acids is 1. The topological polar surface area (TPSA) is 67.0 Å². The summed E-state index contributed by atoms with van der Waals surface area (Å²) in [6.07, 6.45) is 3.36. The number of nitrogens with one attached hydrogen (secondary N) is 2. The molecule has 0 aliphatic heterocycles. The predicted molar refractivity (Wildman–Crippen MR) is 81.8 cm³/mol. The van der Waals surface area contributed by atoms with Crippen molar-refractivity contribution in [1.29, 1.82) is 0 Å². The first kappa shape index (κ1) is 13.2. The van der Waals surface area contributed by atoms with Crippen LogP contribution in [0.3, 0.4) is 0 Å². The van der Waals surface area contributed by atoms with Gasteiger partial charge >= 0.3 is 0 Å². The Morgan fingerprint density at radius 2 is 2.19 bits per heavy atom. The number of H-pyrrole nitrogens is 1. The second-order valence-corrected chi connectivity index (χ2v) is 4.74. The monoisotopic (exact) mass is 281 g/mol. The maximum Gasteiger partial charge on any atom is 0.257 e. The smallest absolute Gasteiger partial charge is 0.257 e. The van der Waals surface area contributed by atoms with Crippen molar-refractivity contribution >= 4 is 22.6 Å². The summed E-state index contributed by atoms with van der Waals surface area (Å²) in [5.41, 5.74) is 2.99. The van der Waals surface area contributed by atoms with E-state index in [2.05, 4.69) is 15.3 Å². The van der Waals surface area contributed by atoms with Gasteiger partial charge in [-0.15, -0.1) is 0 Å². The lowest BCUT2D eigenvalue weighted by Crippen LogP contribution is -2.12. The van der Waals surface area contributed by atoms with Crippen LogP contribution in [0.15, 0.2) is 42.7 Å². The summed E-state index contributed by atoms with van der Waals surface area (Å²) in [6.45, 7) is 1.93. The molecule has 5 heteroatoms. The fourth-order valence-electron chi connectivity index (χ4n) is 2.24. The van der Waals surface area contributed by atoms with Crippen LogP contribution in [-0.4, -0.2) is 23.0 Å². The molecule has 2 heterocycles. The van der Waals surface area contributed by atoms with Crippen LogP contribution in [0.25, 0.3) is 11.0 Å². The summed E-state index contributed by atoms with van der Waals surface area (Å²) in [4.78, 5) is 19.6. The first-order valence-electron chi connectivity index (χ1n) is 6.57. The van der Waals surface area contributed by atoms with Gasteiger partial charge in [0.1, 0.15) is 11.4 Å². The van der Waals surface area contributed by atoms with Gasteiger partial charge in [0, 0.05) is 23.5 Å². The van der Waals surface area contributed by atoms with Crippen LogP contribution in [0.4, 0.5) is 5.69 Å². The standard InChI is InChI=1S/C16H15N3O2/c1-10-8-11(21-2)5-6-14(10)19-16(20)13-9-18-15-12(13)4-3-7-17-15/h3-9H,1-2H3,(H,17,18)(H,19,20). The molecule has 3 rings (SSSR count).